The van der Waals surface area contributed by atoms with E-state index in [2.05, 4.69) is 36.3 Å². The third-order valence-electron chi connectivity index (χ3n) is 3.22. The number of anilines is 1. The minimum atomic E-state index is 0.692. The van der Waals surface area contributed by atoms with Gasteiger partial charge < -0.3 is 5.32 Å². The molecule has 2 aromatic carbocycles. The van der Waals surface area contributed by atoms with Crippen LogP contribution in [0.1, 0.15) is 16.7 Å². The lowest BCUT2D eigenvalue weighted by Gasteiger charge is -2.04. The fourth-order valence-corrected chi connectivity index (χ4v) is 3.50. The van der Waals surface area contributed by atoms with Gasteiger partial charge in [0.05, 0.1) is 10.2 Å². The molecule has 1 aromatic heterocycles. The number of halogens is 1. The van der Waals surface area contributed by atoms with Crippen molar-refractivity contribution in [1.29, 1.82) is 0 Å². The first-order chi connectivity index (χ1) is 9.63. The minimum Gasteiger partial charge on any atom is -0.357 e. The van der Waals surface area contributed by atoms with Crippen LogP contribution in [0, 0.1) is 13.8 Å². The van der Waals surface area contributed by atoms with E-state index < -0.39 is 0 Å². The van der Waals surface area contributed by atoms with Gasteiger partial charge >= 0.3 is 0 Å². The standard InChI is InChI=1S/C16H15ClN2S/c1-10-7-11(2)15-14(8-10)20-16(19-15)18-9-12-5-3-4-6-13(12)17/h3-8H,9H2,1-2H3,(H,18,19). The molecule has 3 aromatic rings. The summed E-state index contributed by atoms with van der Waals surface area (Å²) in [7, 11) is 0. The van der Waals surface area contributed by atoms with Gasteiger partial charge in [0.2, 0.25) is 0 Å². The molecule has 0 amide bonds. The van der Waals surface area contributed by atoms with E-state index in [1.165, 1.54) is 15.8 Å². The lowest BCUT2D eigenvalue weighted by molar-refractivity contribution is 1.14. The number of hydrogen-bond donors (Lipinski definition) is 1. The summed E-state index contributed by atoms with van der Waals surface area (Å²) in [6, 6.07) is 12.2. The Balaban J connectivity index is 1.85. The highest BCUT2D eigenvalue weighted by Crippen LogP contribution is 2.29. The van der Waals surface area contributed by atoms with E-state index in [0.29, 0.717) is 6.54 Å². The average molecular weight is 303 g/mol. The SMILES string of the molecule is Cc1cc(C)c2nc(NCc3ccccc3Cl)sc2c1. The zero-order valence-corrected chi connectivity index (χ0v) is 13.0. The molecule has 0 aliphatic carbocycles. The fourth-order valence-electron chi connectivity index (χ4n) is 2.26. The molecule has 20 heavy (non-hydrogen) atoms. The van der Waals surface area contributed by atoms with Gasteiger partial charge in [-0.25, -0.2) is 4.98 Å². The smallest absolute Gasteiger partial charge is 0.184 e. The molecule has 0 bridgehead atoms. The van der Waals surface area contributed by atoms with E-state index in [0.717, 1.165) is 21.2 Å². The molecule has 1 heterocycles. The first-order valence-corrected chi connectivity index (χ1v) is 7.68. The molecule has 0 fully saturated rings. The van der Waals surface area contributed by atoms with Gasteiger partial charge in [-0.3, -0.25) is 0 Å². The van der Waals surface area contributed by atoms with Crippen molar-refractivity contribution in [3.8, 4) is 0 Å². The number of nitrogens with one attached hydrogen (secondary N) is 1. The van der Waals surface area contributed by atoms with Crippen LogP contribution in [0.15, 0.2) is 36.4 Å². The van der Waals surface area contributed by atoms with E-state index in [4.69, 9.17) is 11.6 Å². The monoisotopic (exact) mass is 302 g/mol. The number of nitrogens with zero attached hydrogens (tertiary/aromatic N) is 1. The Bertz CT molecular complexity index is 764. The van der Waals surface area contributed by atoms with Gasteiger partial charge in [0.15, 0.2) is 5.13 Å². The number of fused-ring (bicyclic) bond motifs is 1. The Morgan fingerprint density at radius 2 is 2.00 bits per heavy atom. The zero-order chi connectivity index (χ0) is 14.1. The van der Waals surface area contributed by atoms with Crippen molar-refractivity contribution >= 4 is 38.3 Å². The summed E-state index contributed by atoms with van der Waals surface area (Å²) in [5, 5.41) is 5.08. The Labute approximate surface area is 127 Å². The number of thiazole rings is 1. The molecule has 0 spiro atoms. The minimum absolute atomic E-state index is 0.692. The molecule has 0 saturated heterocycles. The molecule has 0 radical (unpaired) electrons. The third-order valence-corrected chi connectivity index (χ3v) is 4.55. The van der Waals surface area contributed by atoms with Gasteiger partial charge in [0.25, 0.3) is 0 Å². The molecule has 0 atom stereocenters. The van der Waals surface area contributed by atoms with Gasteiger partial charge in [-0.15, -0.1) is 0 Å². The first kappa shape index (κ1) is 13.4. The second kappa shape index (κ2) is 5.43. The van der Waals surface area contributed by atoms with Gasteiger partial charge in [0.1, 0.15) is 0 Å². The molecule has 0 saturated carbocycles. The topological polar surface area (TPSA) is 24.9 Å². The van der Waals surface area contributed by atoms with Gasteiger partial charge in [0, 0.05) is 11.6 Å². The lowest BCUT2D eigenvalue weighted by atomic mass is 10.1. The molecule has 0 aliphatic rings. The van der Waals surface area contributed by atoms with Gasteiger partial charge in [-0.05, 0) is 42.7 Å². The van der Waals surface area contributed by atoms with Crippen molar-refractivity contribution in [3.63, 3.8) is 0 Å². The Hall–Kier alpha value is -1.58. The number of hydrogen-bond acceptors (Lipinski definition) is 3. The zero-order valence-electron chi connectivity index (χ0n) is 11.4. The number of benzene rings is 2. The number of rotatable bonds is 3. The normalized spacial score (nSPS) is 10.9. The van der Waals surface area contributed by atoms with Crippen molar-refractivity contribution in [1.82, 2.24) is 4.98 Å². The van der Waals surface area contributed by atoms with Crippen molar-refractivity contribution < 1.29 is 0 Å². The van der Waals surface area contributed by atoms with Crippen molar-refractivity contribution in [2.75, 3.05) is 5.32 Å². The second-order valence-corrected chi connectivity index (χ2v) is 6.33. The second-order valence-electron chi connectivity index (χ2n) is 4.89. The fraction of sp³-hybridized carbons (Fsp3) is 0.188. The summed E-state index contributed by atoms with van der Waals surface area (Å²) >= 11 is 7.84. The molecule has 4 heteroatoms. The Kier molecular flexibility index (Phi) is 3.64. The highest BCUT2D eigenvalue weighted by molar-refractivity contribution is 7.22. The molecule has 2 nitrogen and oxygen atoms in total. The largest absolute Gasteiger partial charge is 0.357 e. The summed E-state index contributed by atoms with van der Waals surface area (Å²) in [6.07, 6.45) is 0. The summed E-state index contributed by atoms with van der Waals surface area (Å²) in [4.78, 5) is 4.66. The van der Waals surface area contributed by atoms with Crippen LogP contribution in [-0.2, 0) is 6.54 Å². The van der Waals surface area contributed by atoms with Crippen LogP contribution < -0.4 is 5.32 Å². The van der Waals surface area contributed by atoms with E-state index in [1.807, 2.05) is 24.3 Å². The summed E-state index contributed by atoms with van der Waals surface area (Å²) in [5.41, 5.74) is 4.67. The van der Waals surface area contributed by atoms with Crippen LogP contribution in [0.5, 0.6) is 0 Å². The average Bonchev–Trinajstić information content (AvgIpc) is 2.81. The summed E-state index contributed by atoms with van der Waals surface area (Å²) in [6.45, 7) is 4.91. The van der Waals surface area contributed by atoms with Gasteiger partial charge in [-0.2, -0.15) is 0 Å². The summed E-state index contributed by atoms with van der Waals surface area (Å²) < 4.78 is 1.23. The van der Waals surface area contributed by atoms with Crippen LogP contribution in [0.3, 0.4) is 0 Å². The van der Waals surface area contributed by atoms with Crippen LogP contribution in [-0.4, -0.2) is 4.98 Å². The van der Waals surface area contributed by atoms with Crippen LogP contribution in [0.2, 0.25) is 5.02 Å². The van der Waals surface area contributed by atoms with E-state index in [-0.39, 0.29) is 0 Å². The van der Waals surface area contributed by atoms with Crippen molar-refractivity contribution in [2.24, 2.45) is 0 Å². The van der Waals surface area contributed by atoms with Crippen LogP contribution >= 0.6 is 22.9 Å². The maximum atomic E-state index is 6.16. The van der Waals surface area contributed by atoms with E-state index in [1.54, 1.807) is 11.3 Å². The van der Waals surface area contributed by atoms with Crippen molar-refractivity contribution in [2.45, 2.75) is 20.4 Å². The molecule has 0 unspecified atom stereocenters. The number of aryl methyl sites for hydroxylation is 2. The predicted octanol–water partition coefficient (Wildman–Crippen LogP) is 5.18. The quantitative estimate of drug-likeness (QED) is 0.721. The Morgan fingerprint density at radius 1 is 1.20 bits per heavy atom. The maximum Gasteiger partial charge on any atom is 0.184 e. The van der Waals surface area contributed by atoms with Crippen LogP contribution in [0.4, 0.5) is 5.13 Å². The predicted molar refractivity (Wildman–Crippen MR) is 87.9 cm³/mol. The molecule has 102 valence electrons. The van der Waals surface area contributed by atoms with E-state index >= 15 is 0 Å². The molecule has 0 aliphatic heterocycles. The highest BCUT2D eigenvalue weighted by Gasteiger charge is 2.07. The Morgan fingerprint density at radius 3 is 2.80 bits per heavy atom. The maximum absolute atomic E-state index is 6.16. The number of aromatic nitrogens is 1. The molecule has 3 rings (SSSR count). The first-order valence-electron chi connectivity index (χ1n) is 6.48. The molecular weight excluding hydrogens is 288 g/mol. The molecular formula is C16H15ClN2S. The van der Waals surface area contributed by atoms with Gasteiger partial charge in [-0.1, -0.05) is 47.2 Å². The van der Waals surface area contributed by atoms with E-state index in [9.17, 15) is 0 Å². The lowest BCUT2D eigenvalue weighted by Crippen LogP contribution is -1.99. The molecule has 1 N–H and O–H groups in total. The summed E-state index contributed by atoms with van der Waals surface area (Å²) in [5.74, 6) is 0. The van der Waals surface area contributed by atoms with Crippen molar-refractivity contribution in [3.05, 3.63) is 58.1 Å². The van der Waals surface area contributed by atoms with Crippen LogP contribution in [0.25, 0.3) is 10.2 Å². The highest BCUT2D eigenvalue weighted by atomic mass is 35.5. The third kappa shape index (κ3) is 2.65.